The van der Waals surface area contributed by atoms with Crippen LogP contribution in [0.4, 0.5) is 17.1 Å². The molecule has 0 radical (unpaired) electrons. The number of nitrogens with zero attached hydrogens (tertiary/aromatic N) is 4. The van der Waals surface area contributed by atoms with Crippen LogP contribution in [0.1, 0.15) is 11.1 Å². The first-order valence-corrected chi connectivity index (χ1v) is 12.0. The van der Waals surface area contributed by atoms with Crippen LogP contribution in [0, 0.1) is 10.5 Å². The molecule has 0 unspecified atom stereocenters. The Hall–Kier alpha value is -2.71. The summed E-state index contributed by atoms with van der Waals surface area (Å²) in [5, 5.41) is 0. The van der Waals surface area contributed by atoms with Gasteiger partial charge in [0.15, 0.2) is 0 Å². The molecule has 0 aromatic heterocycles. The maximum absolute atomic E-state index is 13.5. The Kier molecular flexibility index (Phi) is 5.97. The third-order valence-corrected chi connectivity index (χ3v) is 6.79. The molecule has 162 valence electrons. The summed E-state index contributed by atoms with van der Waals surface area (Å²) in [6.07, 6.45) is 0. The fraction of sp³-hybridized carbons (Fsp3) is 0.231. The van der Waals surface area contributed by atoms with Crippen molar-refractivity contribution < 1.29 is 4.79 Å². The molecular weight excluding hydrogens is 511 g/mol. The molecule has 6 heteroatoms. The summed E-state index contributed by atoms with van der Waals surface area (Å²) in [4.78, 5) is 24.9. The third kappa shape index (κ3) is 4.17. The van der Waals surface area contributed by atoms with E-state index < -0.39 is 0 Å². The Morgan fingerprint density at radius 3 is 2.38 bits per heavy atom. The van der Waals surface area contributed by atoms with Gasteiger partial charge in [-0.2, -0.15) is 0 Å². The number of hydrogen-bond donors (Lipinski definition) is 0. The first-order valence-electron chi connectivity index (χ1n) is 10.9. The second kappa shape index (κ2) is 9.03. The predicted molar refractivity (Wildman–Crippen MR) is 139 cm³/mol. The number of carbonyl (C=O) groups is 1. The standard InChI is InChI=1S/C26H25IN4O/c1-19-17-20(27)11-12-23(19)28-25-22-9-5-6-10-24(22)31(26(25)32)18-29-13-15-30(16-14-29)21-7-3-2-4-8-21/h2-12,17H,13-16,18H2,1H3. The fourth-order valence-corrected chi connectivity index (χ4v) is 5.01. The number of benzene rings is 3. The number of rotatable bonds is 4. The number of anilines is 2. The van der Waals surface area contributed by atoms with Crippen LogP contribution >= 0.6 is 22.6 Å². The van der Waals surface area contributed by atoms with Gasteiger partial charge in [0.1, 0.15) is 5.71 Å². The van der Waals surface area contributed by atoms with E-state index in [2.05, 4.69) is 62.7 Å². The fourth-order valence-electron chi connectivity index (χ4n) is 4.36. The largest absolute Gasteiger partial charge is 0.369 e. The van der Waals surface area contributed by atoms with E-state index in [1.165, 1.54) is 9.26 Å². The number of halogens is 1. The zero-order chi connectivity index (χ0) is 22.1. The maximum Gasteiger partial charge on any atom is 0.278 e. The number of amides is 1. The molecule has 5 rings (SSSR count). The van der Waals surface area contributed by atoms with Crippen LogP contribution in [-0.4, -0.2) is 49.4 Å². The van der Waals surface area contributed by atoms with E-state index >= 15 is 0 Å². The van der Waals surface area contributed by atoms with E-state index in [0.717, 1.165) is 48.7 Å². The summed E-state index contributed by atoms with van der Waals surface area (Å²) in [6, 6.07) is 24.6. The number of hydrogen-bond acceptors (Lipinski definition) is 4. The Morgan fingerprint density at radius 1 is 0.906 bits per heavy atom. The Labute approximate surface area is 202 Å². The molecule has 1 fully saturated rings. The lowest BCUT2D eigenvalue weighted by Gasteiger charge is -2.37. The van der Waals surface area contributed by atoms with Crippen LogP contribution in [-0.2, 0) is 4.79 Å². The second-order valence-electron chi connectivity index (χ2n) is 8.22. The molecule has 0 saturated carbocycles. The Bertz CT molecular complexity index is 1170. The Morgan fingerprint density at radius 2 is 1.62 bits per heavy atom. The molecule has 2 aliphatic heterocycles. The van der Waals surface area contributed by atoms with Crippen molar-refractivity contribution in [2.75, 3.05) is 42.6 Å². The molecular formula is C26H25IN4O. The van der Waals surface area contributed by atoms with E-state index in [1.807, 2.05) is 54.3 Å². The average molecular weight is 536 g/mol. The SMILES string of the molecule is Cc1cc(I)ccc1N=C1C(=O)N(CN2CCN(c3ccccc3)CC2)c2ccccc21. The van der Waals surface area contributed by atoms with Crippen LogP contribution in [0.3, 0.4) is 0 Å². The summed E-state index contributed by atoms with van der Waals surface area (Å²) in [6.45, 7) is 6.38. The molecule has 2 heterocycles. The molecule has 3 aromatic carbocycles. The topological polar surface area (TPSA) is 39.2 Å². The minimum Gasteiger partial charge on any atom is -0.369 e. The normalized spacial score (nSPS) is 17.8. The summed E-state index contributed by atoms with van der Waals surface area (Å²) in [7, 11) is 0. The highest BCUT2D eigenvalue weighted by Gasteiger charge is 2.35. The number of para-hydroxylation sites is 2. The number of carbonyl (C=O) groups excluding carboxylic acids is 1. The maximum atomic E-state index is 13.5. The number of aryl methyl sites for hydroxylation is 1. The molecule has 2 aliphatic rings. The van der Waals surface area contributed by atoms with E-state index in [0.29, 0.717) is 12.4 Å². The van der Waals surface area contributed by atoms with Gasteiger partial charge < -0.3 is 4.90 Å². The molecule has 3 aromatic rings. The van der Waals surface area contributed by atoms with Crippen LogP contribution in [0.2, 0.25) is 0 Å². The minimum atomic E-state index is -0.0189. The van der Waals surface area contributed by atoms with E-state index in [4.69, 9.17) is 4.99 Å². The molecule has 32 heavy (non-hydrogen) atoms. The van der Waals surface area contributed by atoms with Crippen molar-refractivity contribution in [3.05, 3.63) is 87.5 Å². The molecule has 0 N–H and O–H groups in total. The van der Waals surface area contributed by atoms with Gasteiger partial charge in [-0.05, 0) is 71.5 Å². The molecule has 0 spiro atoms. The second-order valence-corrected chi connectivity index (χ2v) is 9.47. The third-order valence-electron chi connectivity index (χ3n) is 6.12. The van der Waals surface area contributed by atoms with Crippen LogP contribution in [0.25, 0.3) is 0 Å². The van der Waals surface area contributed by atoms with Crippen molar-refractivity contribution in [3.8, 4) is 0 Å². The van der Waals surface area contributed by atoms with Gasteiger partial charge in [-0.15, -0.1) is 0 Å². The molecule has 1 saturated heterocycles. The lowest BCUT2D eigenvalue weighted by Crippen LogP contribution is -2.51. The van der Waals surface area contributed by atoms with Crippen LogP contribution < -0.4 is 9.80 Å². The zero-order valence-electron chi connectivity index (χ0n) is 18.0. The van der Waals surface area contributed by atoms with Crippen LogP contribution in [0.15, 0.2) is 77.8 Å². The highest BCUT2D eigenvalue weighted by molar-refractivity contribution is 14.1. The van der Waals surface area contributed by atoms with Crippen molar-refractivity contribution in [2.45, 2.75) is 6.92 Å². The minimum absolute atomic E-state index is 0.0189. The molecule has 0 bridgehead atoms. The van der Waals surface area contributed by atoms with Crippen molar-refractivity contribution >= 4 is 51.3 Å². The summed E-state index contributed by atoms with van der Waals surface area (Å²) in [5.74, 6) is -0.0189. The predicted octanol–water partition coefficient (Wildman–Crippen LogP) is 4.85. The van der Waals surface area contributed by atoms with Crippen LogP contribution in [0.5, 0.6) is 0 Å². The summed E-state index contributed by atoms with van der Waals surface area (Å²) < 4.78 is 1.17. The zero-order valence-corrected chi connectivity index (χ0v) is 20.2. The lowest BCUT2D eigenvalue weighted by molar-refractivity contribution is -0.112. The van der Waals surface area contributed by atoms with Gasteiger partial charge >= 0.3 is 0 Å². The molecule has 0 aliphatic carbocycles. The van der Waals surface area contributed by atoms with Crippen molar-refractivity contribution in [1.82, 2.24) is 4.90 Å². The van der Waals surface area contributed by atoms with E-state index in [9.17, 15) is 4.79 Å². The quantitative estimate of drug-likeness (QED) is 0.448. The lowest BCUT2D eigenvalue weighted by atomic mass is 10.1. The first-order chi connectivity index (χ1) is 15.6. The van der Waals surface area contributed by atoms with Gasteiger partial charge in [-0.3, -0.25) is 14.6 Å². The van der Waals surface area contributed by atoms with Crippen molar-refractivity contribution in [3.63, 3.8) is 0 Å². The molecule has 5 nitrogen and oxygen atoms in total. The van der Waals surface area contributed by atoms with Gasteiger partial charge in [-0.25, -0.2) is 4.99 Å². The van der Waals surface area contributed by atoms with E-state index in [-0.39, 0.29) is 5.91 Å². The molecule has 1 amide bonds. The highest BCUT2D eigenvalue weighted by Crippen LogP contribution is 2.32. The monoisotopic (exact) mass is 536 g/mol. The van der Waals surface area contributed by atoms with Gasteiger partial charge in [0.2, 0.25) is 0 Å². The smallest absolute Gasteiger partial charge is 0.278 e. The number of aliphatic imine (C=N–C) groups is 1. The van der Waals surface area contributed by atoms with Crippen molar-refractivity contribution in [2.24, 2.45) is 4.99 Å². The average Bonchev–Trinajstić information content (AvgIpc) is 3.08. The van der Waals surface area contributed by atoms with E-state index in [1.54, 1.807) is 0 Å². The van der Waals surface area contributed by atoms with Gasteiger partial charge in [-0.1, -0.05) is 36.4 Å². The highest BCUT2D eigenvalue weighted by atomic mass is 127. The summed E-state index contributed by atoms with van der Waals surface area (Å²) in [5.41, 5.74) is 5.58. The van der Waals surface area contributed by atoms with Gasteiger partial charge in [0, 0.05) is 41.0 Å². The number of piperazine rings is 1. The van der Waals surface area contributed by atoms with Gasteiger partial charge in [0.25, 0.3) is 5.91 Å². The molecule has 0 atom stereocenters. The Balaban J connectivity index is 1.35. The van der Waals surface area contributed by atoms with Crippen molar-refractivity contribution in [1.29, 1.82) is 0 Å². The summed E-state index contributed by atoms with van der Waals surface area (Å²) >= 11 is 2.30. The number of fused-ring (bicyclic) bond motifs is 1. The first kappa shape index (κ1) is 21.2. The van der Waals surface area contributed by atoms with Gasteiger partial charge in [0.05, 0.1) is 18.0 Å².